The Kier molecular flexibility index (Phi) is 4.20. The smallest absolute Gasteiger partial charge is 0.119 e. The number of piperazine rings is 1. The van der Waals surface area contributed by atoms with Crippen LogP contribution in [0.4, 0.5) is 0 Å². The van der Waals surface area contributed by atoms with Gasteiger partial charge in [-0.1, -0.05) is 32.6 Å². The molecule has 0 aliphatic carbocycles. The van der Waals surface area contributed by atoms with E-state index >= 15 is 0 Å². The lowest BCUT2D eigenvalue weighted by Crippen LogP contribution is -2.54. The van der Waals surface area contributed by atoms with Crippen LogP contribution in [-0.4, -0.2) is 43.9 Å². The summed E-state index contributed by atoms with van der Waals surface area (Å²) in [4.78, 5) is 2.44. The van der Waals surface area contributed by atoms with Gasteiger partial charge in [-0.3, -0.25) is 0 Å². The number of allylic oxidation sites excluding steroid dienone is 1. The van der Waals surface area contributed by atoms with Gasteiger partial charge in [-0.05, 0) is 12.6 Å². The predicted octanol–water partition coefficient (Wildman–Crippen LogP) is 2.36. The summed E-state index contributed by atoms with van der Waals surface area (Å²) in [6.07, 6.45) is 5.67. The molecule has 1 aliphatic rings. The fraction of sp³-hybridized carbons (Fsp3) is 0.818. The van der Waals surface area contributed by atoms with Crippen LogP contribution in [0.5, 0.6) is 0 Å². The maximum Gasteiger partial charge on any atom is 0.119 e. The molecule has 0 spiro atoms. The molecule has 0 radical (unpaired) electrons. The SMILES string of the molecule is CCC=CN1CCN([Si](C)(C)C)CC1. The first-order valence-corrected chi connectivity index (χ1v) is 9.14. The zero-order chi connectivity index (χ0) is 10.6. The predicted molar refractivity (Wildman–Crippen MR) is 65.9 cm³/mol. The first-order valence-electron chi connectivity index (χ1n) is 5.70. The maximum atomic E-state index is 2.70. The molecule has 1 fully saturated rings. The molecule has 0 unspecified atom stereocenters. The summed E-state index contributed by atoms with van der Waals surface area (Å²) < 4.78 is 2.70. The van der Waals surface area contributed by atoms with E-state index in [-0.39, 0.29) is 0 Å². The Morgan fingerprint density at radius 1 is 1.07 bits per heavy atom. The molecule has 82 valence electrons. The molecule has 2 nitrogen and oxygen atoms in total. The summed E-state index contributed by atoms with van der Waals surface area (Å²) in [7, 11) is -1.03. The normalized spacial score (nSPS) is 20.7. The monoisotopic (exact) mass is 212 g/mol. The molecule has 0 N–H and O–H groups in total. The van der Waals surface area contributed by atoms with Crippen LogP contribution < -0.4 is 0 Å². The number of hydrogen-bond acceptors (Lipinski definition) is 2. The standard InChI is InChI=1S/C11H24N2Si/c1-5-6-7-12-8-10-13(11-9-12)14(2,3)4/h6-7H,5,8-11H2,1-4H3. The highest BCUT2D eigenvalue weighted by Crippen LogP contribution is 2.12. The lowest BCUT2D eigenvalue weighted by molar-refractivity contribution is 0.239. The van der Waals surface area contributed by atoms with Crippen molar-refractivity contribution in [2.75, 3.05) is 26.2 Å². The number of nitrogens with zero attached hydrogens (tertiary/aromatic N) is 2. The Balaban J connectivity index is 2.35. The van der Waals surface area contributed by atoms with Gasteiger partial charge in [-0.15, -0.1) is 0 Å². The van der Waals surface area contributed by atoms with Gasteiger partial charge in [0.15, 0.2) is 0 Å². The first kappa shape index (κ1) is 11.8. The van der Waals surface area contributed by atoms with E-state index in [1.165, 1.54) is 26.2 Å². The zero-order valence-electron chi connectivity index (χ0n) is 10.1. The summed E-state index contributed by atoms with van der Waals surface area (Å²) >= 11 is 0. The molecular formula is C11H24N2Si. The van der Waals surface area contributed by atoms with E-state index < -0.39 is 8.24 Å². The quantitative estimate of drug-likeness (QED) is 0.663. The topological polar surface area (TPSA) is 6.48 Å². The summed E-state index contributed by atoms with van der Waals surface area (Å²) in [6, 6.07) is 0. The fourth-order valence-corrected chi connectivity index (χ4v) is 3.34. The van der Waals surface area contributed by atoms with Gasteiger partial charge in [-0.25, -0.2) is 0 Å². The van der Waals surface area contributed by atoms with Crippen LogP contribution in [-0.2, 0) is 0 Å². The van der Waals surface area contributed by atoms with Gasteiger partial charge in [0.05, 0.1) is 0 Å². The minimum atomic E-state index is -1.03. The Morgan fingerprint density at radius 3 is 2.07 bits per heavy atom. The van der Waals surface area contributed by atoms with Crippen LogP contribution in [0, 0.1) is 0 Å². The van der Waals surface area contributed by atoms with Crippen molar-refractivity contribution in [1.29, 1.82) is 0 Å². The summed E-state index contributed by atoms with van der Waals surface area (Å²) in [5.74, 6) is 0. The van der Waals surface area contributed by atoms with Crippen molar-refractivity contribution in [2.45, 2.75) is 33.0 Å². The molecule has 3 heteroatoms. The molecule has 0 aromatic carbocycles. The second-order valence-electron chi connectivity index (χ2n) is 4.99. The largest absolute Gasteiger partial charge is 0.375 e. The summed E-state index contributed by atoms with van der Waals surface area (Å²) in [5, 5.41) is 0. The van der Waals surface area contributed by atoms with Gasteiger partial charge in [0.2, 0.25) is 0 Å². The van der Waals surface area contributed by atoms with E-state index in [4.69, 9.17) is 0 Å². The highest BCUT2D eigenvalue weighted by atomic mass is 28.3. The van der Waals surface area contributed by atoms with E-state index in [0.717, 1.165) is 6.42 Å². The lowest BCUT2D eigenvalue weighted by Gasteiger charge is -2.41. The second-order valence-corrected chi connectivity index (χ2v) is 9.96. The molecule has 1 aliphatic heterocycles. The summed E-state index contributed by atoms with van der Waals surface area (Å²) in [5.41, 5.74) is 0. The third-order valence-electron chi connectivity index (χ3n) is 2.81. The molecule has 0 aromatic rings. The van der Waals surface area contributed by atoms with Crippen molar-refractivity contribution in [1.82, 2.24) is 9.47 Å². The number of hydrogen-bond donors (Lipinski definition) is 0. The first-order chi connectivity index (χ1) is 6.54. The fourth-order valence-electron chi connectivity index (χ4n) is 1.80. The van der Waals surface area contributed by atoms with Gasteiger partial charge in [0.1, 0.15) is 8.24 Å². The third kappa shape index (κ3) is 3.46. The van der Waals surface area contributed by atoms with E-state index in [0.29, 0.717) is 0 Å². The van der Waals surface area contributed by atoms with Crippen LogP contribution in [0.25, 0.3) is 0 Å². The molecule has 1 rings (SSSR count). The van der Waals surface area contributed by atoms with E-state index in [9.17, 15) is 0 Å². The minimum absolute atomic E-state index is 1.03. The van der Waals surface area contributed by atoms with Crippen LogP contribution in [0.2, 0.25) is 19.6 Å². The van der Waals surface area contributed by atoms with Crippen LogP contribution >= 0.6 is 0 Å². The average Bonchev–Trinajstić information content (AvgIpc) is 2.14. The number of rotatable bonds is 3. The van der Waals surface area contributed by atoms with E-state index in [1.54, 1.807) is 0 Å². The van der Waals surface area contributed by atoms with Crippen molar-refractivity contribution in [3.8, 4) is 0 Å². The average molecular weight is 212 g/mol. The zero-order valence-corrected chi connectivity index (χ0v) is 11.1. The van der Waals surface area contributed by atoms with Crippen molar-refractivity contribution in [3.63, 3.8) is 0 Å². The molecule has 0 bridgehead atoms. The summed E-state index contributed by atoms with van der Waals surface area (Å²) in [6.45, 7) is 14.4. The highest BCUT2D eigenvalue weighted by Gasteiger charge is 2.26. The van der Waals surface area contributed by atoms with Crippen molar-refractivity contribution < 1.29 is 0 Å². The lowest BCUT2D eigenvalue weighted by atomic mass is 10.3. The minimum Gasteiger partial charge on any atom is -0.375 e. The molecule has 1 saturated heterocycles. The second kappa shape index (κ2) is 4.98. The molecule has 0 amide bonds. The molecule has 0 saturated carbocycles. The molecular weight excluding hydrogens is 188 g/mol. The van der Waals surface area contributed by atoms with Crippen LogP contribution in [0.3, 0.4) is 0 Å². The van der Waals surface area contributed by atoms with Gasteiger partial charge in [0.25, 0.3) is 0 Å². The Labute approximate surface area is 89.7 Å². The molecule has 0 atom stereocenters. The Hall–Kier alpha value is -0.283. The van der Waals surface area contributed by atoms with Gasteiger partial charge < -0.3 is 9.47 Å². The third-order valence-corrected chi connectivity index (χ3v) is 5.16. The molecule has 14 heavy (non-hydrogen) atoms. The van der Waals surface area contributed by atoms with Crippen LogP contribution in [0.1, 0.15) is 13.3 Å². The van der Waals surface area contributed by atoms with Gasteiger partial charge >= 0.3 is 0 Å². The Morgan fingerprint density at radius 2 is 1.64 bits per heavy atom. The Bertz CT molecular complexity index is 188. The van der Waals surface area contributed by atoms with Gasteiger partial charge in [0, 0.05) is 26.2 Å². The highest BCUT2D eigenvalue weighted by molar-refractivity contribution is 6.73. The maximum absolute atomic E-state index is 2.70. The van der Waals surface area contributed by atoms with E-state index in [2.05, 4.69) is 48.3 Å². The van der Waals surface area contributed by atoms with Crippen molar-refractivity contribution in [3.05, 3.63) is 12.3 Å². The van der Waals surface area contributed by atoms with Crippen molar-refractivity contribution in [2.24, 2.45) is 0 Å². The van der Waals surface area contributed by atoms with Gasteiger partial charge in [-0.2, -0.15) is 0 Å². The van der Waals surface area contributed by atoms with E-state index in [1.807, 2.05) is 0 Å². The molecule has 1 heterocycles. The molecule has 0 aromatic heterocycles. The van der Waals surface area contributed by atoms with Crippen LogP contribution in [0.15, 0.2) is 12.3 Å². The van der Waals surface area contributed by atoms with Crippen molar-refractivity contribution >= 4 is 8.24 Å².